The Morgan fingerprint density at radius 2 is 1.87 bits per heavy atom. The molecule has 1 fully saturated rings. The summed E-state index contributed by atoms with van der Waals surface area (Å²) in [6, 6.07) is -0.510. The lowest BCUT2D eigenvalue weighted by molar-refractivity contribution is -0.0756. The fraction of sp³-hybridized carbons (Fsp3) is 0.875. The topological polar surface area (TPSA) is 79.9 Å². The van der Waals surface area contributed by atoms with Crippen LogP contribution >= 0.6 is 0 Å². The minimum atomic E-state index is -0.789. The van der Waals surface area contributed by atoms with Crippen LogP contribution in [0.25, 0.3) is 0 Å². The highest BCUT2D eigenvalue weighted by Gasteiger charge is 2.49. The van der Waals surface area contributed by atoms with Crippen LogP contribution in [0.2, 0.25) is 0 Å². The highest BCUT2D eigenvalue weighted by Crippen LogP contribution is 2.33. The summed E-state index contributed by atoms with van der Waals surface area (Å²) in [5.41, 5.74) is -1.38. The van der Waals surface area contributed by atoms with Crippen molar-refractivity contribution in [1.29, 1.82) is 0 Å². The predicted molar refractivity (Wildman–Crippen MR) is 88.2 cm³/mol. The van der Waals surface area contributed by atoms with E-state index in [2.05, 4.69) is 10.6 Å². The number of rotatable bonds is 3. The molecule has 7 heteroatoms. The molecule has 0 aliphatic carbocycles. The molecule has 0 bridgehead atoms. The molecule has 0 unspecified atom stereocenters. The lowest BCUT2D eigenvalue weighted by Gasteiger charge is -2.35. The van der Waals surface area contributed by atoms with Gasteiger partial charge in [0.25, 0.3) is 0 Å². The Morgan fingerprint density at radius 1 is 1.30 bits per heavy atom. The van der Waals surface area contributed by atoms with Crippen LogP contribution in [0.4, 0.5) is 9.59 Å². The van der Waals surface area contributed by atoms with E-state index in [4.69, 9.17) is 9.47 Å². The van der Waals surface area contributed by atoms with Gasteiger partial charge in [-0.3, -0.25) is 4.90 Å². The highest BCUT2D eigenvalue weighted by molar-refractivity contribution is 5.74. The molecule has 0 aromatic carbocycles. The van der Waals surface area contributed by atoms with Gasteiger partial charge in [-0.15, -0.1) is 0 Å². The van der Waals surface area contributed by atoms with E-state index in [0.717, 1.165) is 0 Å². The number of ether oxygens (including phenoxy) is 2. The standard InChI is InChI=1S/C16H31N3O4/c1-10(2)18-13(20)17-9-12-11(3)22-16(7,8)19(12)14(21)23-15(4,5)6/h10-12H,9H2,1-8H3,(H2,17,18,20)/t11-,12+/m0/s1. The fourth-order valence-corrected chi connectivity index (χ4v) is 2.63. The second kappa shape index (κ2) is 6.95. The SMILES string of the molecule is CC(C)NC(=O)NC[C@@H]1[C@H](C)OC(C)(C)N1C(=O)OC(C)(C)C. The second-order valence-corrected chi connectivity index (χ2v) is 7.70. The second-order valence-electron chi connectivity index (χ2n) is 7.70. The molecule has 1 saturated heterocycles. The molecule has 0 saturated carbocycles. The van der Waals surface area contributed by atoms with Crippen LogP contribution in [0.1, 0.15) is 55.4 Å². The third kappa shape index (κ3) is 5.57. The van der Waals surface area contributed by atoms with E-state index in [9.17, 15) is 9.59 Å². The van der Waals surface area contributed by atoms with Crippen LogP contribution < -0.4 is 10.6 Å². The Kier molecular flexibility index (Phi) is 5.90. The maximum atomic E-state index is 12.6. The van der Waals surface area contributed by atoms with Crippen LogP contribution in [0.5, 0.6) is 0 Å². The van der Waals surface area contributed by atoms with Crippen molar-refractivity contribution in [1.82, 2.24) is 15.5 Å². The zero-order chi connectivity index (χ0) is 18.0. The van der Waals surface area contributed by atoms with Crippen LogP contribution in [0, 0.1) is 0 Å². The molecule has 2 atom stereocenters. The number of nitrogens with one attached hydrogen (secondary N) is 2. The van der Waals surface area contributed by atoms with Gasteiger partial charge in [-0.1, -0.05) is 0 Å². The number of nitrogens with zero attached hydrogens (tertiary/aromatic N) is 1. The minimum absolute atomic E-state index is 0.0469. The van der Waals surface area contributed by atoms with E-state index in [1.807, 2.05) is 55.4 Å². The van der Waals surface area contributed by atoms with E-state index in [-0.39, 0.29) is 24.2 Å². The molecule has 3 amide bonds. The number of amides is 3. The fourth-order valence-electron chi connectivity index (χ4n) is 2.63. The molecule has 1 rings (SSSR count). The Morgan fingerprint density at radius 3 is 2.35 bits per heavy atom. The van der Waals surface area contributed by atoms with Crippen molar-refractivity contribution in [3.63, 3.8) is 0 Å². The summed E-state index contributed by atoms with van der Waals surface area (Å²) in [6.45, 7) is 15.1. The van der Waals surface area contributed by atoms with Gasteiger partial charge in [0.1, 0.15) is 11.3 Å². The van der Waals surface area contributed by atoms with Crippen molar-refractivity contribution >= 4 is 12.1 Å². The van der Waals surface area contributed by atoms with Gasteiger partial charge < -0.3 is 20.1 Å². The van der Waals surface area contributed by atoms with Crippen molar-refractivity contribution in [3.05, 3.63) is 0 Å². The van der Waals surface area contributed by atoms with Gasteiger partial charge in [-0.2, -0.15) is 0 Å². The molecular formula is C16H31N3O4. The largest absolute Gasteiger partial charge is 0.444 e. The molecule has 0 aromatic heterocycles. The monoisotopic (exact) mass is 329 g/mol. The Balaban J connectivity index is 2.81. The van der Waals surface area contributed by atoms with E-state index < -0.39 is 17.4 Å². The zero-order valence-electron chi connectivity index (χ0n) is 15.5. The van der Waals surface area contributed by atoms with Gasteiger partial charge in [-0.05, 0) is 55.4 Å². The van der Waals surface area contributed by atoms with E-state index in [1.54, 1.807) is 4.90 Å². The van der Waals surface area contributed by atoms with Gasteiger partial charge in [0.2, 0.25) is 0 Å². The van der Waals surface area contributed by atoms with Crippen molar-refractivity contribution < 1.29 is 19.1 Å². The summed E-state index contributed by atoms with van der Waals surface area (Å²) >= 11 is 0. The smallest absolute Gasteiger partial charge is 0.412 e. The van der Waals surface area contributed by atoms with Crippen LogP contribution in [-0.4, -0.2) is 53.1 Å². The summed E-state index contributed by atoms with van der Waals surface area (Å²) < 4.78 is 11.4. The first-order chi connectivity index (χ1) is 10.3. The summed E-state index contributed by atoms with van der Waals surface area (Å²) in [7, 11) is 0. The molecule has 1 aliphatic heterocycles. The van der Waals surface area contributed by atoms with E-state index in [0.29, 0.717) is 6.54 Å². The third-order valence-electron chi connectivity index (χ3n) is 3.41. The first-order valence-electron chi connectivity index (χ1n) is 8.08. The predicted octanol–water partition coefficient (Wildman–Crippen LogP) is 2.45. The quantitative estimate of drug-likeness (QED) is 0.833. The first-order valence-corrected chi connectivity index (χ1v) is 8.08. The molecule has 0 spiro atoms. The molecule has 2 N–H and O–H groups in total. The normalized spacial score (nSPS) is 23.8. The Hall–Kier alpha value is -1.50. The molecule has 0 aromatic rings. The average molecular weight is 329 g/mol. The molecule has 1 heterocycles. The molecule has 0 radical (unpaired) electrons. The van der Waals surface area contributed by atoms with Gasteiger partial charge >= 0.3 is 12.1 Å². The molecule has 1 aliphatic rings. The summed E-state index contributed by atoms with van der Waals surface area (Å²) in [5, 5.41) is 5.55. The van der Waals surface area contributed by atoms with Gasteiger partial charge in [0, 0.05) is 12.6 Å². The van der Waals surface area contributed by atoms with Gasteiger partial charge in [0.15, 0.2) is 0 Å². The number of carbonyl (C=O) groups excluding carboxylic acids is 2. The lowest BCUT2D eigenvalue weighted by Crippen LogP contribution is -2.54. The summed E-state index contributed by atoms with van der Waals surface area (Å²) in [4.78, 5) is 25.9. The number of urea groups is 1. The van der Waals surface area contributed by atoms with Crippen molar-refractivity contribution in [2.45, 2.75) is 84.9 Å². The van der Waals surface area contributed by atoms with Gasteiger partial charge in [-0.25, -0.2) is 9.59 Å². The van der Waals surface area contributed by atoms with Crippen LogP contribution in [0.15, 0.2) is 0 Å². The molecule has 7 nitrogen and oxygen atoms in total. The summed E-state index contributed by atoms with van der Waals surface area (Å²) in [6.07, 6.45) is -0.653. The Labute approximate surface area is 139 Å². The number of carbonyl (C=O) groups is 2. The number of hydrogen-bond acceptors (Lipinski definition) is 4. The van der Waals surface area contributed by atoms with Crippen LogP contribution in [0.3, 0.4) is 0 Å². The summed E-state index contributed by atoms with van der Waals surface area (Å²) in [5.74, 6) is 0. The molecule has 23 heavy (non-hydrogen) atoms. The maximum Gasteiger partial charge on any atom is 0.412 e. The van der Waals surface area contributed by atoms with Crippen LogP contribution in [-0.2, 0) is 9.47 Å². The van der Waals surface area contributed by atoms with E-state index >= 15 is 0 Å². The van der Waals surface area contributed by atoms with Crippen molar-refractivity contribution in [2.75, 3.05) is 6.54 Å². The van der Waals surface area contributed by atoms with Gasteiger partial charge in [0.05, 0.1) is 12.1 Å². The maximum absolute atomic E-state index is 12.6. The zero-order valence-corrected chi connectivity index (χ0v) is 15.5. The number of hydrogen-bond donors (Lipinski definition) is 2. The first kappa shape index (κ1) is 19.5. The highest BCUT2D eigenvalue weighted by atomic mass is 16.6. The third-order valence-corrected chi connectivity index (χ3v) is 3.41. The van der Waals surface area contributed by atoms with E-state index in [1.165, 1.54) is 0 Å². The average Bonchev–Trinajstić information content (AvgIpc) is 2.52. The van der Waals surface area contributed by atoms with Crippen molar-refractivity contribution in [3.8, 4) is 0 Å². The van der Waals surface area contributed by atoms with Crippen molar-refractivity contribution in [2.24, 2.45) is 0 Å². The Bertz CT molecular complexity index is 443. The molecule has 134 valence electrons. The lowest BCUT2D eigenvalue weighted by atomic mass is 10.1. The minimum Gasteiger partial charge on any atom is -0.444 e. The molecular weight excluding hydrogens is 298 g/mol.